The Balaban J connectivity index is 2.12. The fraction of sp³-hybridized carbons (Fsp3) is 0.158. The Hall–Kier alpha value is -3.44. The maximum atomic E-state index is 13.1. The molecule has 166 valence electrons. The van der Waals surface area contributed by atoms with E-state index in [1.165, 1.54) is 0 Å². The smallest absolute Gasteiger partial charge is 0.325 e. The first kappa shape index (κ1) is 23.8. The van der Waals surface area contributed by atoms with Gasteiger partial charge in [0.15, 0.2) is 0 Å². The Labute approximate surface area is 169 Å². The molecule has 31 heavy (non-hydrogen) atoms. The molecule has 0 aliphatic heterocycles. The van der Waals surface area contributed by atoms with Crippen molar-refractivity contribution in [3.05, 3.63) is 71.3 Å². The van der Waals surface area contributed by atoms with Crippen molar-refractivity contribution >= 4 is 23.2 Å². The zero-order valence-corrected chi connectivity index (χ0v) is 15.2. The van der Waals surface area contributed by atoms with E-state index in [1.54, 1.807) is 0 Å². The quantitative estimate of drug-likeness (QED) is 0.463. The van der Waals surface area contributed by atoms with Crippen LogP contribution in [0.15, 0.2) is 48.6 Å². The van der Waals surface area contributed by atoms with E-state index in [0.717, 1.165) is 0 Å². The van der Waals surface area contributed by atoms with E-state index in [-0.39, 0.29) is 12.1 Å². The second kappa shape index (κ2) is 8.74. The van der Waals surface area contributed by atoms with E-state index >= 15 is 0 Å². The summed E-state index contributed by atoms with van der Waals surface area (Å²) in [7, 11) is 0. The summed E-state index contributed by atoms with van der Waals surface area (Å²) in [5, 5.41) is 3.66. The van der Waals surface area contributed by atoms with Gasteiger partial charge < -0.3 is 10.6 Å². The van der Waals surface area contributed by atoms with Gasteiger partial charge in [-0.1, -0.05) is 6.58 Å². The summed E-state index contributed by atoms with van der Waals surface area (Å²) in [4.78, 5) is 24.0. The molecule has 2 aromatic rings. The van der Waals surface area contributed by atoms with Crippen molar-refractivity contribution < 1.29 is 44.7 Å². The monoisotopic (exact) mass is 452 g/mol. The number of alkyl halides is 6. The molecule has 4 nitrogen and oxygen atoms in total. The van der Waals surface area contributed by atoms with Crippen LogP contribution in [0.2, 0.25) is 0 Å². The summed E-state index contributed by atoms with van der Waals surface area (Å²) >= 11 is 0. The van der Waals surface area contributed by atoms with Crippen LogP contribution in [0.4, 0.5) is 46.5 Å². The average Bonchev–Trinajstić information content (AvgIpc) is 2.62. The Bertz CT molecular complexity index is 1030. The van der Waals surface area contributed by atoms with E-state index in [4.69, 9.17) is 0 Å². The highest BCUT2D eigenvalue weighted by Crippen LogP contribution is 2.36. The molecule has 2 amide bonds. The molecule has 2 rings (SSSR count). The summed E-state index contributed by atoms with van der Waals surface area (Å²) in [6, 6.07) is 2.94. The van der Waals surface area contributed by atoms with Crippen molar-refractivity contribution in [3.63, 3.8) is 0 Å². The molecule has 0 saturated heterocycles. The molecule has 0 unspecified atom stereocenters. The normalized spacial score (nSPS) is 11.7. The van der Waals surface area contributed by atoms with Gasteiger partial charge in [0.2, 0.25) is 5.91 Å². The standard InChI is InChI=1S/C19H12F8N2O2/c1-9(17(31)29-15-5-3-11(21)8-13(15)19(25,26)27)6-16(30)28-14-4-2-10(20)7-12(14)18(22,23)24/h2-5,7-8H,1,6H2,(H,28,30)(H,29,31). The number of hydrogen-bond acceptors (Lipinski definition) is 2. The first-order chi connectivity index (χ1) is 14.2. The van der Waals surface area contributed by atoms with E-state index in [9.17, 15) is 44.7 Å². The Morgan fingerprint density at radius 1 is 0.774 bits per heavy atom. The van der Waals surface area contributed by atoms with E-state index in [1.807, 2.05) is 10.6 Å². The second-order valence-corrected chi connectivity index (χ2v) is 6.16. The van der Waals surface area contributed by atoms with Crippen molar-refractivity contribution in [1.82, 2.24) is 0 Å². The van der Waals surface area contributed by atoms with Crippen LogP contribution in [0.5, 0.6) is 0 Å². The first-order valence-electron chi connectivity index (χ1n) is 8.21. The van der Waals surface area contributed by atoms with Gasteiger partial charge in [0.05, 0.1) is 28.9 Å². The molecule has 0 heterocycles. The number of carbonyl (C=O) groups is 2. The molecule has 0 aliphatic carbocycles. The van der Waals surface area contributed by atoms with Gasteiger partial charge in [-0.25, -0.2) is 8.78 Å². The molecule has 0 saturated carbocycles. The second-order valence-electron chi connectivity index (χ2n) is 6.16. The number of rotatable bonds is 5. The van der Waals surface area contributed by atoms with Gasteiger partial charge in [0.1, 0.15) is 11.6 Å². The van der Waals surface area contributed by atoms with Crippen molar-refractivity contribution in [3.8, 4) is 0 Å². The third kappa shape index (κ3) is 6.27. The molecular weight excluding hydrogens is 440 g/mol. The number of carbonyl (C=O) groups excluding carboxylic acids is 2. The van der Waals surface area contributed by atoms with Crippen LogP contribution in [0, 0.1) is 11.6 Å². The molecule has 0 bridgehead atoms. The van der Waals surface area contributed by atoms with E-state index in [0.29, 0.717) is 24.3 Å². The maximum Gasteiger partial charge on any atom is 0.418 e. The molecule has 0 spiro atoms. The molecule has 0 aromatic heterocycles. The lowest BCUT2D eigenvalue weighted by atomic mass is 10.1. The zero-order valence-electron chi connectivity index (χ0n) is 15.2. The van der Waals surface area contributed by atoms with Crippen LogP contribution in [-0.2, 0) is 21.9 Å². The highest BCUT2D eigenvalue weighted by Gasteiger charge is 2.35. The molecule has 0 radical (unpaired) electrons. The highest BCUT2D eigenvalue weighted by atomic mass is 19.4. The molecule has 0 fully saturated rings. The lowest BCUT2D eigenvalue weighted by molar-refractivity contribution is -0.138. The summed E-state index contributed by atoms with van der Waals surface area (Å²) in [6.07, 6.45) is -10.9. The van der Waals surface area contributed by atoms with E-state index < -0.39 is 70.3 Å². The minimum Gasteiger partial charge on any atom is -0.325 e. The molecule has 2 aromatic carbocycles. The fourth-order valence-corrected chi connectivity index (χ4v) is 2.40. The molecule has 12 heteroatoms. The van der Waals surface area contributed by atoms with Crippen LogP contribution in [0.3, 0.4) is 0 Å². The van der Waals surface area contributed by atoms with Gasteiger partial charge >= 0.3 is 12.4 Å². The minimum atomic E-state index is -5.00. The minimum absolute atomic E-state index is 0.151. The number of nitrogens with one attached hydrogen (secondary N) is 2. The van der Waals surface area contributed by atoms with Crippen LogP contribution in [-0.4, -0.2) is 11.8 Å². The Kier molecular flexibility index (Phi) is 6.72. The maximum absolute atomic E-state index is 13.1. The SMILES string of the molecule is C=C(CC(=O)Nc1ccc(F)cc1C(F)(F)F)C(=O)Nc1ccc(F)cc1C(F)(F)F. The average molecular weight is 452 g/mol. The van der Waals surface area contributed by atoms with Crippen molar-refractivity contribution in [2.24, 2.45) is 0 Å². The number of benzene rings is 2. The summed E-state index contributed by atoms with van der Waals surface area (Å²) in [6.45, 7) is 3.22. The summed E-state index contributed by atoms with van der Waals surface area (Å²) in [5.74, 6) is -4.81. The van der Waals surface area contributed by atoms with Gasteiger partial charge in [-0.15, -0.1) is 0 Å². The fourth-order valence-electron chi connectivity index (χ4n) is 2.40. The summed E-state index contributed by atoms with van der Waals surface area (Å²) < 4.78 is 104. The Morgan fingerprint density at radius 2 is 1.19 bits per heavy atom. The number of hydrogen-bond donors (Lipinski definition) is 2. The lowest BCUT2D eigenvalue weighted by Crippen LogP contribution is -2.22. The first-order valence-corrected chi connectivity index (χ1v) is 8.21. The van der Waals surface area contributed by atoms with E-state index in [2.05, 4.69) is 6.58 Å². The van der Waals surface area contributed by atoms with Crippen molar-refractivity contribution in [1.29, 1.82) is 0 Å². The Morgan fingerprint density at radius 3 is 1.61 bits per heavy atom. The zero-order chi connectivity index (χ0) is 23.6. The van der Waals surface area contributed by atoms with Crippen LogP contribution in [0.25, 0.3) is 0 Å². The number of halogens is 8. The third-order valence-electron chi connectivity index (χ3n) is 3.79. The largest absolute Gasteiger partial charge is 0.418 e. The van der Waals surface area contributed by atoms with Gasteiger partial charge in [0, 0.05) is 5.57 Å². The third-order valence-corrected chi connectivity index (χ3v) is 3.79. The lowest BCUT2D eigenvalue weighted by Gasteiger charge is -2.15. The van der Waals surface area contributed by atoms with Crippen LogP contribution < -0.4 is 10.6 Å². The molecule has 2 N–H and O–H groups in total. The van der Waals surface area contributed by atoms with Gasteiger partial charge in [0.25, 0.3) is 5.91 Å². The van der Waals surface area contributed by atoms with Crippen molar-refractivity contribution in [2.75, 3.05) is 10.6 Å². The predicted octanol–water partition coefficient (Wildman–Crippen LogP) is 5.53. The predicted molar refractivity (Wildman–Crippen MR) is 93.8 cm³/mol. The molecular formula is C19H12F8N2O2. The van der Waals surface area contributed by atoms with Gasteiger partial charge in [-0.05, 0) is 36.4 Å². The van der Waals surface area contributed by atoms with Gasteiger partial charge in [-0.3, -0.25) is 9.59 Å². The van der Waals surface area contributed by atoms with Crippen molar-refractivity contribution in [2.45, 2.75) is 18.8 Å². The molecule has 0 atom stereocenters. The van der Waals surface area contributed by atoms with Crippen LogP contribution in [0.1, 0.15) is 17.5 Å². The molecule has 0 aliphatic rings. The van der Waals surface area contributed by atoms with Crippen LogP contribution >= 0.6 is 0 Å². The number of anilines is 2. The highest BCUT2D eigenvalue weighted by molar-refractivity contribution is 6.08. The topological polar surface area (TPSA) is 58.2 Å². The van der Waals surface area contributed by atoms with Gasteiger partial charge in [-0.2, -0.15) is 26.3 Å². The summed E-state index contributed by atoms with van der Waals surface area (Å²) in [5.41, 5.74) is -5.15. The number of amides is 2.